The number of hydrogen-bond acceptors (Lipinski definition) is 6. The Balaban J connectivity index is 2.20. The van der Waals surface area contributed by atoms with Crippen LogP contribution in [-0.2, 0) is 0 Å². The second kappa shape index (κ2) is 7.94. The van der Waals surface area contributed by atoms with E-state index in [1.165, 1.54) is 12.3 Å². The van der Waals surface area contributed by atoms with Crippen LogP contribution in [-0.4, -0.2) is 44.5 Å². The number of anilines is 1. The van der Waals surface area contributed by atoms with Crippen LogP contribution in [0.2, 0.25) is 0 Å². The van der Waals surface area contributed by atoms with Gasteiger partial charge in [0.05, 0.1) is 6.17 Å². The Morgan fingerprint density at radius 3 is 2.79 bits per heavy atom. The van der Waals surface area contributed by atoms with Gasteiger partial charge in [-0.05, 0) is 37.2 Å². The molecule has 7 N–H and O–H groups in total. The molecule has 6 nitrogen and oxygen atoms in total. The summed E-state index contributed by atoms with van der Waals surface area (Å²) < 4.78 is 14.3. The SMILES string of the molecule is CNC1=C(C(N)Nc2ccc(/C(C=N)=C/N)c(F)c2)CN(C)CC1. The van der Waals surface area contributed by atoms with Crippen molar-refractivity contribution in [1.82, 2.24) is 10.2 Å². The molecule has 1 atom stereocenters. The molecule has 1 aromatic carbocycles. The van der Waals surface area contributed by atoms with Gasteiger partial charge in [0, 0.05) is 55.1 Å². The normalized spacial score (nSPS) is 17.6. The molecule has 2 rings (SSSR count). The van der Waals surface area contributed by atoms with Crippen molar-refractivity contribution in [3.8, 4) is 0 Å². The van der Waals surface area contributed by atoms with Crippen molar-refractivity contribution in [3.63, 3.8) is 0 Å². The van der Waals surface area contributed by atoms with Crippen molar-refractivity contribution in [2.45, 2.75) is 12.6 Å². The third kappa shape index (κ3) is 3.93. The summed E-state index contributed by atoms with van der Waals surface area (Å²) in [5.41, 5.74) is 15.1. The molecular formula is C17H25FN6. The van der Waals surface area contributed by atoms with Gasteiger partial charge in [-0.15, -0.1) is 0 Å². The lowest BCUT2D eigenvalue weighted by Gasteiger charge is -2.31. The van der Waals surface area contributed by atoms with E-state index in [0.717, 1.165) is 37.0 Å². The van der Waals surface area contributed by atoms with Gasteiger partial charge < -0.3 is 32.4 Å². The molecule has 1 aliphatic heterocycles. The number of hydrogen-bond donors (Lipinski definition) is 5. The van der Waals surface area contributed by atoms with Gasteiger partial charge >= 0.3 is 0 Å². The minimum absolute atomic E-state index is 0.291. The standard InChI is InChI=1S/C17H25FN6/c1-22-16-5-6-24(2)10-14(16)17(21)23-12-3-4-13(15(18)7-12)11(8-19)9-20/h3-4,7-9,17,19,22-23H,5-6,10,20-21H2,1-2H3/b11-9+,19-8?. The van der Waals surface area contributed by atoms with Crippen LogP contribution in [0.5, 0.6) is 0 Å². The topological polar surface area (TPSA) is 103 Å². The molecule has 1 aromatic rings. The number of benzene rings is 1. The highest BCUT2D eigenvalue weighted by molar-refractivity contribution is 6.08. The summed E-state index contributed by atoms with van der Waals surface area (Å²) in [5.74, 6) is -0.448. The van der Waals surface area contributed by atoms with Gasteiger partial charge in [0.2, 0.25) is 0 Å². The predicted molar refractivity (Wildman–Crippen MR) is 97.1 cm³/mol. The zero-order valence-electron chi connectivity index (χ0n) is 14.1. The van der Waals surface area contributed by atoms with E-state index in [2.05, 4.69) is 15.5 Å². The van der Waals surface area contributed by atoms with Gasteiger partial charge in [-0.2, -0.15) is 0 Å². The minimum atomic E-state index is -0.448. The lowest BCUT2D eigenvalue weighted by atomic mass is 10.0. The molecule has 0 saturated carbocycles. The van der Waals surface area contributed by atoms with Crippen LogP contribution in [0.1, 0.15) is 12.0 Å². The number of allylic oxidation sites excluding steroid dienone is 1. The third-order valence-corrected chi connectivity index (χ3v) is 4.19. The zero-order valence-corrected chi connectivity index (χ0v) is 14.1. The molecule has 0 fully saturated rings. The molecule has 7 heteroatoms. The van der Waals surface area contributed by atoms with E-state index in [0.29, 0.717) is 16.8 Å². The lowest BCUT2D eigenvalue weighted by Crippen LogP contribution is -2.42. The van der Waals surface area contributed by atoms with Crippen LogP contribution in [0.3, 0.4) is 0 Å². The molecular weight excluding hydrogens is 307 g/mol. The zero-order chi connectivity index (χ0) is 17.7. The maximum Gasteiger partial charge on any atom is 0.133 e. The molecule has 1 heterocycles. The third-order valence-electron chi connectivity index (χ3n) is 4.19. The fourth-order valence-corrected chi connectivity index (χ4v) is 2.82. The van der Waals surface area contributed by atoms with Gasteiger partial charge in [-0.25, -0.2) is 4.39 Å². The number of likely N-dealkylation sites (N-methyl/N-ethyl adjacent to an activating group) is 1. The van der Waals surface area contributed by atoms with Crippen molar-refractivity contribution in [3.05, 3.63) is 47.0 Å². The summed E-state index contributed by atoms with van der Waals surface area (Å²) >= 11 is 0. The summed E-state index contributed by atoms with van der Waals surface area (Å²) in [6, 6.07) is 4.69. The number of nitrogens with two attached hydrogens (primary N) is 2. The summed E-state index contributed by atoms with van der Waals surface area (Å²) in [4.78, 5) is 2.20. The Kier molecular flexibility index (Phi) is 5.94. The highest BCUT2D eigenvalue weighted by Crippen LogP contribution is 2.22. The van der Waals surface area contributed by atoms with Gasteiger partial charge in [0.1, 0.15) is 5.82 Å². The largest absolute Gasteiger partial charge is 0.404 e. The van der Waals surface area contributed by atoms with Gasteiger partial charge in [-0.3, -0.25) is 0 Å². The smallest absolute Gasteiger partial charge is 0.133 e. The lowest BCUT2D eigenvalue weighted by molar-refractivity contribution is 0.335. The maximum atomic E-state index is 14.3. The van der Waals surface area contributed by atoms with Crippen molar-refractivity contribution in [2.75, 3.05) is 32.5 Å². The fraction of sp³-hybridized carbons (Fsp3) is 0.353. The quantitative estimate of drug-likeness (QED) is 0.399. The highest BCUT2D eigenvalue weighted by atomic mass is 19.1. The summed E-state index contributed by atoms with van der Waals surface area (Å²) in [7, 11) is 3.94. The maximum absolute atomic E-state index is 14.3. The van der Waals surface area contributed by atoms with Crippen LogP contribution in [0, 0.1) is 11.2 Å². The average molecular weight is 332 g/mol. The van der Waals surface area contributed by atoms with Gasteiger partial charge in [0.15, 0.2) is 0 Å². The van der Waals surface area contributed by atoms with E-state index in [9.17, 15) is 4.39 Å². The first-order valence-electron chi connectivity index (χ1n) is 7.82. The fourth-order valence-electron chi connectivity index (χ4n) is 2.82. The molecule has 0 aromatic heterocycles. The van der Waals surface area contributed by atoms with E-state index >= 15 is 0 Å². The van der Waals surface area contributed by atoms with Crippen molar-refractivity contribution in [2.24, 2.45) is 11.5 Å². The minimum Gasteiger partial charge on any atom is -0.404 e. The van der Waals surface area contributed by atoms with Crippen LogP contribution in [0.15, 0.2) is 35.7 Å². The van der Waals surface area contributed by atoms with Crippen molar-refractivity contribution < 1.29 is 4.39 Å². The summed E-state index contributed by atoms with van der Waals surface area (Å²) in [6.45, 7) is 1.74. The first kappa shape index (κ1) is 18.0. The van der Waals surface area contributed by atoms with Gasteiger partial charge in [-0.1, -0.05) is 0 Å². The van der Waals surface area contributed by atoms with Crippen LogP contribution < -0.4 is 22.1 Å². The molecule has 0 spiro atoms. The Morgan fingerprint density at radius 2 is 2.21 bits per heavy atom. The van der Waals surface area contributed by atoms with E-state index in [-0.39, 0.29) is 0 Å². The average Bonchev–Trinajstić information content (AvgIpc) is 2.57. The van der Waals surface area contributed by atoms with E-state index in [4.69, 9.17) is 16.9 Å². The molecule has 24 heavy (non-hydrogen) atoms. The summed E-state index contributed by atoms with van der Waals surface area (Å²) in [6.07, 6.45) is 2.74. The van der Waals surface area contributed by atoms with Crippen molar-refractivity contribution in [1.29, 1.82) is 5.41 Å². The van der Waals surface area contributed by atoms with E-state index in [1.54, 1.807) is 12.1 Å². The molecule has 0 aliphatic carbocycles. The molecule has 0 amide bonds. The molecule has 130 valence electrons. The Bertz CT molecular complexity index is 667. The number of nitrogens with zero attached hydrogens (tertiary/aromatic N) is 1. The second-order valence-electron chi connectivity index (χ2n) is 5.82. The molecule has 0 saturated heterocycles. The summed E-state index contributed by atoms with van der Waals surface area (Å²) in [5, 5.41) is 13.6. The first-order valence-corrected chi connectivity index (χ1v) is 7.82. The molecule has 1 aliphatic rings. The highest BCUT2D eigenvalue weighted by Gasteiger charge is 2.21. The monoisotopic (exact) mass is 332 g/mol. The Hall–Kier alpha value is -2.38. The Labute approximate surface area is 141 Å². The van der Waals surface area contributed by atoms with Crippen LogP contribution in [0.25, 0.3) is 5.57 Å². The molecule has 0 radical (unpaired) electrons. The molecule has 1 unspecified atom stereocenters. The van der Waals surface area contributed by atoms with Crippen LogP contribution in [0.4, 0.5) is 10.1 Å². The van der Waals surface area contributed by atoms with E-state index < -0.39 is 12.0 Å². The van der Waals surface area contributed by atoms with Crippen molar-refractivity contribution >= 4 is 17.5 Å². The predicted octanol–water partition coefficient (Wildman–Crippen LogP) is 1.28. The number of rotatable bonds is 6. The first-order chi connectivity index (χ1) is 11.5. The molecule has 0 bridgehead atoms. The Morgan fingerprint density at radius 1 is 1.46 bits per heavy atom. The van der Waals surface area contributed by atoms with Crippen LogP contribution >= 0.6 is 0 Å². The van der Waals surface area contributed by atoms with Gasteiger partial charge in [0.25, 0.3) is 0 Å². The number of nitrogens with one attached hydrogen (secondary N) is 3. The second-order valence-corrected chi connectivity index (χ2v) is 5.82. The number of halogens is 1. The van der Waals surface area contributed by atoms with E-state index in [1.807, 2.05) is 14.1 Å².